The maximum atomic E-state index is 10.8. The van der Waals surface area contributed by atoms with Crippen LogP contribution in [-0.2, 0) is 14.8 Å². The van der Waals surface area contributed by atoms with Gasteiger partial charge in [0.2, 0.25) is 15.9 Å². The van der Waals surface area contributed by atoms with Crippen LogP contribution in [0, 0.1) is 0 Å². The highest BCUT2D eigenvalue weighted by Crippen LogP contribution is 1.82. The Bertz CT molecular complexity index is 250. The number of nitrogens with two attached hydrogens (primary N) is 1. The van der Waals surface area contributed by atoms with Crippen molar-refractivity contribution in [1.82, 2.24) is 10.6 Å². The Hall–Kier alpha value is -0.660. The van der Waals surface area contributed by atoms with Gasteiger partial charge in [0.15, 0.2) is 0 Å². The minimum Gasteiger partial charge on any atom is -0.355 e. The number of hydrogen-bond acceptors (Lipinski definition) is 4. The number of amides is 1. The largest absolute Gasteiger partial charge is 0.355 e. The highest BCUT2D eigenvalue weighted by molar-refractivity contribution is 7.89. The van der Waals surface area contributed by atoms with Gasteiger partial charge in [-0.1, -0.05) is 0 Å². The van der Waals surface area contributed by atoms with E-state index in [2.05, 4.69) is 10.6 Å². The van der Waals surface area contributed by atoms with Crippen molar-refractivity contribution in [3.63, 3.8) is 0 Å². The van der Waals surface area contributed by atoms with Gasteiger partial charge in [-0.2, -0.15) is 0 Å². The lowest BCUT2D eigenvalue weighted by Gasteiger charge is -2.03. The summed E-state index contributed by atoms with van der Waals surface area (Å²) in [7, 11) is -1.74. The predicted molar refractivity (Wildman–Crippen MR) is 49.5 cm³/mol. The Labute approximate surface area is 77.9 Å². The van der Waals surface area contributed by atoms with E-state index in [-0.39, 0.29) is 18.2 Å². The first-order chi connectivity index (χ1) is 5.95. The molecular formula is C6H15N3O3S. The molecule has 0 aliphatic heterocycles. The summed E-state index contributed by atoms with van der Waals surface area (Å²) in [6, 6.07) is 0. The van der Waals surface area contributed by atoms with Gasteiger partial charge in [-0.25, -0.2) is 13.6 Å². The quantitative estimate of drug-likeness (QED) is 0.440. The summed E-state index contributed by atoms with van der Waals surface area (Å²) in [5.74, 6) is -0.260. The van der Waals surface area contributed by atoms with Gasteiger partial charge in [-0.3, -0.25) is 4.79 Å². The Morgan fingerprint density at radius 3 is 2.54 bits per heavy atom. The molecule has 78 valence electrons. The SMILES string of the molecule is CNCC(=O)NCCCS(N)(=O)=O. The lowest BCUT2D eigenvalue weighted by Crippen LogP contribution is -2.33. The molecule has 13 heavy (non-hydrogen) atoms. The Kier molecular flexibility index (Phi) is 5.60. The van der Waals surface area contributed by atoms with E-state index in [9.17, 15) is 13.2 Å². The van der Waals surface area contributed by atoms with E-state index in [1.165, 1.54) is 0 Å². The Morgan fingerprint density at radius 2 is 2.08 bits per heavy atom. The van der Waals surface area contributed by atoms with E-state index in [4.69, 9.17) is 5.14 Å². The first-order valence-corrected chi connectivity index (χ1v) is 5.59. The molecule has 0 aromatic rings. The molecule has 0 radical (unpaired) electrons. The monoisotopic (exact) mass is 209 g/mol. The molecule has 0 rings (SSSR count). The highest BCUT2D eigenvalue weighted by atomic mass is 32.2. The van der Waals surface area contributed by atoms with Crippen LogP contribution in [0.15, 0.2) is 0 Å². The molecule has 0 fully saturated rings. The number of sulfonamides is 1. The summed E-state index contributed by atoms with van der Waals surface area (Å²) in [6.07, 6.45) is 0.342. The number of primary sulfonamides is 1. The van der Waals surface area contributed by atoms with E-state index in [1.807, 2.05) is 0 Å². The van der Waals surface area contributed by atoms with Crippen LogP contribution >= 0.6 is 0 Å². The van der Waals surface area contributed by atoms with Crippen molar-refractivity contribution in [3.05, 3.63) is 0 Å². The van der Waals surface area contributed by atoms with Crippen LogP contribution < -0.4 is 15.8 Å². The smallest absolute Gasteiger partial charge is 0.233 e. The molecule has 0 spiro atoms. The van der Waals surface area contributed by atoms with Gasteiger partial charge < -0.3 is 10.6 Å². The second-order valence-electron chi connectivity index (χ2n) is 2.60. The van der Waals surface area contributed by atoms with Crippen LogP contribution in [0.4, 0.5) is 0 Å². The van der Waals surface area contributed by atoms with Crippen molar-refractivity contribution in [1.29, 1.82) is 0 Å². The zero-order valence-electron chi connectivity index (χ0n) is 7.54. The van der Waals surface area contributed by atoms with Gasteiger partial charge in [-0.05, 0) is 13.5 Å². The standard InChI is InChI=1S/C6H15N3O3S/c1-8-5-6(10)9-3-2-4-13(7,11)12/h8H,2-5H2,1H3,(H,9,10)(H2,7,11,12). The second kappa shape index (κ2) is 5.90. The Balaban J connectivity index is 3.41. The molecular weight excluding hydrogens is 194 g/mol. The van der Waals surface area contributed by atoms with Crippen LogP contribution in [-0.4, -0.2) is 40.2 Å². The van der Waals surface area contributed by atoms with Gasteiger partial charge in [0.1, 0.15) is 0 Å². The minimum atomic E-state index is -3.40. The second-order valence-corrected chi connectivity index (χ2v) is 4.33. The summed E-state index contributed by atoms with van der Waals surface area (Å²) in [6.45, 7) is 0.562. The van der Waals surface area contributed by atoms with Gasteiger partial charge in [0.05, 0.1) is 12.3 Å². The van der Waals surface area contributed by atoms with Crippen molar-refractivity contribution in [2.24, 2.45) is 5.14 Å². The number of carbonyl (C=O) groups excluding carboxylic acids is 1. The average molecular weight is 209 g/mol. The Morgan fingerprint density at radius 1 is 1.46 bits per heavy atom. The molecule has 0 heterocycles. The molecule has 0 saturated heterocycles. The summed E-state index contributed by atoms with van der Waals surface area (Å²) in [4.78, 5) is 10.8. The number of hydrogen-bond donors (Lipinski definition) is 3. The molecule has 0 aliphatic carbocycles. The number of rotatable bonds is 6. The normalized spacial score (nSPS) is 11.2. The maximum absolute atomic E-state index is 10.8. The van der Waals surface area contributed by atoms with Crippen molar-refractivity contribution in [2.75, 3.05) is 25.9 Å². The molecule has 7 heteroatoms. The van der Waals surface area contributed by atoms with Crippen molar-refractivity contribution < 1.29 is 13.2 Å². The third-order valence-electron chi connectivity index (χ3n) is 1.27. The summed E-state index contributed by atoms with van der Waals surface area (Å²) in [5.41, 5.74) is 0. The van der Waals surface area contributed by atoms with Crippen LogP contribution in [0.2, 0.25) is 0 Å². The number of likely N-dealkylation sites (N-methyl/N-ethyl adjacent to an activating group) is 1. The molecule has 0 aromatic heterocycles. The fourth-order valence-electron chi connectivity index (χ4n) is 0.724. The molecule has 4 N–H and O–H groups in total. The lowest BCUT2D eigenvalue weighted by atomic mass is 10.4. The first kappa shape index (κ1) is 12.3. The molecule has 0 unspecified atom stereocenters. The molecule has 0 atom stereocenters. The highest BCUT2D eigenvalue weighted by Gasteiger charge is 2.02. The molecule has 0 aromatic carbocycles. The lowest BCUT2D eigenvalue weighted by molar-refractivity contribution is -0.120. The average Bonchev–Trinajstić information content (AvgIpc) is 1.97. The zero-order chi connectivity index (χ0) is 10.3. The van der Waals surface area contributed by atoms with Crippen molar-refractivity contribution >= 4 is 15.9 Å². The van der Waals surface area contributed by atoms with E-state index in [0.717, 1.165) is 0 Å². The molecule has 6 nitrogen and oxygen atoms in total. The topological polar surface area (TPSA) is 101 Å². The molecule has 0 aliphatic rings. The van der Waals surface area contributed by atoms with E-state index >= 15 is 0 Å². The third-order valence-corrected chi connectivity index (χ3v) is 2.12. The summed E-state index contributed by atoms with van der Waals surface area (Å²) >= 11 is 0. The molecule has 0 bridgehead atoms. The van der Waals surface area contributed by atoms with Gasteiger partial charge in [-0.15, -0.1) is 0 Å². The van der Waals surface area contributed by atoms with Crippen LogP contribution in [0.3, 0.4) is 0 Å². The number of nitrogens with one attached hydrogen (secondary N) is 2. The third kappa shape index (κ3) is 9.25. The predicted octanol–water partition coefficient (Wildman–Crippen LogP) is -2.00. The zero-order valence-corrected chi connectivity index (χ0v) is 8.36. The molecule has 1 amide bonds. The summed E-state index contributed by atoms with van der Waals surface area (Å²) in [5, 5.41) is 9.96. The van der Waals surface area contributed by atoms with Crippen LogP contribution in [0.5, 0.6) is 0 Å². The van der Waals surface area contributed by atoms with E-state index in [1.54, 1.807) is 7.05 Å². The minimum absolute atomic E-state index is 0.104. The van der Waals surface area contributed by atoms with Crippen molar-refractivity contribution in [3.8, 4) is 0 Å². The first-order valence-electron chi connectivity index (χ1n) is 3.87. The number of carbonyl (C=O) groups is 1. The van der Waals surface area contributed by atoms with Gasteiger partial charge >= 0.3 is 0 Å². The van der Waals surface area contributed by atoms with Crippen LogP contribution in [0.1, 0.15) is 6.42 Å². The van der Waals surface area contributed by atoms with E-state index in [0.29, 0.717) is 13.0 Å². The van der Waals surface area contributed by atoms with Gasteiger partial charge in [0, 0.05) is 6.54 Å². The van der Waals surface area contributed by atoms with Crippen LogP contribution in [0.25, 0.3) is 0 Å². The van der Waals surface area contributed by atoms with Crippen molar-refractivity contribution in [2.45, 2.75) is 6.42 Å². The fourth-order valence-corrected chi connectivity index (χ4v) is 1.27. The van der Waals surface area contributed by atoms with E-state index < -0.39 is 10.0 Å². The maximum Gasteiger partial charge on any atom is 0.233 e. The van der Waals surface area contributed by atoms with Gasteiger partial charge in [0.25, 0.3) is 0 Å². The molecule has 0 saturated carbocycles. The summed E-state index contributed by atoms with van der Waals surface area (Å²) < 4.78 is 20.9. The fraction of sp³-hybridized carbons (Fsp3) is 0.833.